The summed E-state index contributed by atoms with van der Waals surface area (Å²) >= 11 is 7.60. The fraction of sp³-hybridized carbons (Fsp3) is 0.353. The van der Waals surface area contributed by atoms with E-state index in [-0.39, 0.29) is 27.6 Å². The van der Waals surface area contributed by atoms with Crippen LogP contribution >= 0.6 is 23.4 Å². The number of hydrogen-bond donors (Lipinski definition) is 1. The standard InChI is InChI=1S/C17H18ClFN2O4S/c1-9-13(16(22)20-12(7-8-26-3)17(23)24-2)15(21-25-9)14-10(18)5-4-6-11(14)19/h4-6,12H,7-8H2,1-3H3,(H,20,22)/t12-/m0/s1. The van der Waals surface area contributed by atoms with E-state index < -0.39 is 23.7 Å². The Labute approximate surface area is 159 Å². The predicted molar refractivity (Wildman–Crippen MR) is 97.9 cm³/mol. The molecule has 2 aromatic rings. The Balaban J connectivity index is 2.38. The fourth-order valence-corrected chi connectivity index (χ4v) is 3.12. The van der Waals surface area contributed by atoms with Gasteiger partial charge in [0.1, 0.15) is 28.9 Å². The molecule has 0 aliphatic heterocycles. The zero-order chi connectivity index (χ0) is 19.3. The van der Waals surface area contributed by atoms with Crippen molar-refractivity contribution in [3.63, 3.8) is 0 Å². The summed E-state index contributed by atoms with van der Waals surface area (Å²) in [4.78, 5) is 24.7. The minimum Gasteiger partial charge on any atom is -0.467 e. The summed E-state index contributed by atoms with van der Waals surface area (Å²) in [5.74, 6) is -0.979. The lowest BCUT2D eigenvalue weighted by molar-refractivity contribution is -0.142. The molecule has 0 bridgehead atoms. The zero-order valence-electron chi connectivity index (χ0n) is 14.5. The molecular formula is C17H18ClFN2O4S. The van der Waals surface area contributed by atoms with Crippen molar-refractivity contribution in [2.45, 2.75) is 19.4 Å². The molecule has 6 nitrogen and oxygen atoms in total. The van der Waals surface area contributed by atoms with Crippen LogP contribution in [0.15, 0.2) is 22.7 Å². The van der Waals surface area contributed by atoms with E-state index in [0.717, 1.165) is 0 Å². The SMILES string of the molecule is COC(=O)[C@H](CCSC)NC(=O)c1c(-c2c(F)cccc2Cl)noc1C. The highest BCUT2D eigenvalue weighted by Gasteiger charge is 2.29. The molecule has 1 N–H and O–H groups in total. The number of carbonyl (C=O) groups is 2. The third-order valence-corrected chi connectivity index (χ3v) is 4.65. The minimum atomic E-state index is -0.835. The summed E-state index contributed by atoms with van der Waals surface area (Å²) in [6.07, 6.45) is 2.28. The van der Waals surface area contributed by atoms with E-state index in [1.807, 2.05) is 6.26 Å². The first-order valence-electron chi connectivity index (χ1n) is 7.69. The number of rotatable bonds is 7. The van der Waals surface area contributed by atoms with Gasteiger partial charge in [0, 0.05) is 0 Å². The second-order valence-electron chi connectivity index (χ2n) is 5.39. The summed E-state index contributed by atoms with van der Waals surface area (Å²) in [6.45, 7) is 1.52. The summed E-state index contributed by atoms with van der Waals surface area (Å²) in [5.41, 5.74) is -0.0264. The number of aryl methyl sites for hydroxylation is 1. The maximum absolute atomic E-state index is 14.2. The molecule has 1 amide bonds. The molecule has 0 aliphatic rings. The van der Waals surface area contributed by atoms with Gasteiger partial charge in [0.2, 0.25) is 0 Å². The molecule has 1 heterocycles. The summed E-state index contributed by atoms with van der Waals surface area (Å²) < 4.78 is 24.0. The number of carbonyl (C=O) groups excluding carboxylic acids is 2. The Morgan fingerprint density at radius 3 is 2.81 bits per heavy atom. The van der Waals surface area contributed by atoms with Crippen LogP contribution in [0.1, 0.15) is 22.5 Å². The van der Waals surface area contributed by atoms with Crippen LogP contribution in [0.4, 0.5) is 4.39 Å². The molecule has 0 radical (unpaired) electrons. The first-order valence-corrected chi connectivity index (χ1v) is 9.46. The maximum atomic E-state index is 14.2. The van der Waals surface area contributed by atoms with Crippen molar-refractivity contribution in [2.24, 2.45) is 0 Å². The molecule has 0 unspecified atom stereocenters. The smallest absolute Gasteiger partial charge is 0.328 e. The van der Waals surface area contributed by atoms with Gasteiger partial charge in [0.05, 0.1) is 17.7 Å². The number of methoxy groups -OCH3 is 1. The van der Waals surface area contributed by atoms with Gasteiger partial charge in [-0.05, 0) is 37.5 Å². The molecule has 0 saturated heterocycles. The number of hydrogen-bond acceptors (Lipinski definition) is 6. The van der Waals surface area contributed by atoms with Gasteiger partial charge in [-0.2, -0.15) is 11.8 Å². The van der Waals surface area contributed by atoms with Gasteiger partial charge < -0.3 is 14.6 Å². The molecule has 9 heteroatoms. The lowest BCUT2D eigenvalue weighted by Crippen LogP contribution is -2.42. The number of nitrogens with one attached hydrogen (secondary N) is 1. The number of nitrogens with zero attached hydrogens (tertiary/aromatic N) is 1. The van der Waals surface area contributed by atoms with Crippen molar-refractivity contribution in [3.8, 4) is 11.3 Å². The predicted octanol–water partition coefficient (Wildman–Crippen LogP) is 3.47. The number of esters is 1. The van der Waals surface area contributed by atoms with Crippen LogP contribution < -0.4 is 5.32 Å². The average molecular weight is 401 g/mol. The van der Waals surface area contributed by atoms with Crippen molar-refractivity contribution in [3.05, 3.63) is 40.4 Å². The fourth-order valence-electron chi connectivity index (χ4n) is 2.39. The van der Waals surface area contributed by atoms with E-state index in [1.165, 1.54) is 44.0 Å². The number of thioether (sulfide) groups is 1. The second kappa shape index (κ2) is 9.05. The van der Waals surface area contributed by atoms with E-state index in [9.17, 15) is 14.0 Å². The summed E-state index contributed by atoms with van der Waals surface area (Å²) in [6, 6.07) is 3.31. The van der Waals surface area contributed by atoms with Crippen molar-refractivity contribution in [1.29, 1.82) is 0 Å². The Morgan fingerprint density at radius 2 is 2.19 bits per heavy atom. The molecule has 26 heavy (non-hydrogen) atoms. The van der Waals surface area contributed by atoms with Gasteiger partial charge in [-0.25, -0.2) is 9.18 Å². The molecule has 0 spiro atoms. The molecule has 2 rings (SSSR count). The number of amides is 1. The first kappa shape index (κ1) is 20.3. The Kier molecular flexibility index (Phi) is 7.05. The molecule has 1 atom stereocenters. The highest BCUT2D eigenvalue weighted by Crippen LogP contribution is 2.33. The van der Waals surface area contributed by atoms with Gasteiger partial charge in [0.15, 0.2) is 0 Å². The molecule has 0 fully saturated rings. The zero-order valence-corrected chi connectivity index (χ0v) is 16.0. The third kappa shape index (κ3) is 4.37. The van der Waals surface area contributed by atoms with Gasteiger partial charge >= 0.3 is 5.97 Å². The van der Waals surface area contributed by atoms with Crippen LogP contribution in [-0.4, -0.2) is 42.2 Å². The van der Waals surface area contributed by atoms with Crippen LogP contribution in [0.3, 0.4) is 0 Å². The van der Waals surface area contributed by atoms with E-state index >= 15 is 0 Å². The van der Waals surface area contributed by atoms with Crippen molar-refractivity contribution >= 4 is 35.2 Å². The van der Waals surface area contributed by atoms with E-state index in [4.69, 9.17) is 20.9 Å². The molecule has 1 aromatic heterocycles. The number of ether oxygens (including phenoxy) is 1. The molecule has 0 aliphatic carbocycles. The first-order chi connectivity index (χ1) is 12.4. The van der Waals surface area contributed by atoms with Crippen LogP contribution in [0.2, 0.25) is 5.02 Å². The van der Waals surface area contributed by atoms with E-state index in [1.54, 1.807) is 0 Å². The number of benzene rings is 1. The Hall–Kier alpha value is -2.06. The minimum absolute atomic E-state index is 0.0171. The highest BCUT2D eigenvalue weighted by atomic mass is 35.5. The number of halogens is 2. The highest BCUT2D eigenvalue weighted by molar-refractivity contribution is 7.98. The maximum Gasteiger partial charge on any atom is 0.328 e. The third-order valence-electron chi connectivity index (χ3n) is 3.69. The molecule has 140 valence electrons. The van der Waals surface area contributed by atoms with Gasteiger partial charge in [0.25, 0.3) is 5.91 Å². The monoisotopic (exact) mass is 400 g/mol. The van der Waals surface area contributed by atoms with Crippen molar-refractivity contribution in [2.75, 3.05) is 19.1 Å². The normalized spacial score (nSPS) is 11.9. The van der Waals surface area contributed by atoms with Crippen LogP contribution in [-0.2, 0) is 9.53 Å². The molecule has 1 aromatic carbocycles. The largest absolute Gasteiger partial charge is 0.467 e. The van der Waals surface area contributed by atoms with Crippen LogP contribution in [0.5, 0.6) is 0 Å². The molecule has 0 saturated carbocycles. The van der Waals surface area contributed by atoms with Crippen molar-refractivity contribution < 1.29 is 23.2 Å². The lowest BCUT2D eigenvalue weighted by atomic mass is 10.0. The van der Waals surface area contributed by atoms with Gasteiger partial charge in [-0.15, -0.1) is 0 Å². The quantitative estimate of drug-likeness (QED) is 0.717. The lowest BCUT2D eigenvalue weighted by Gasteiger charge is -2.16. The van der Waals surface area contributed by atoms with E-state index in [0.29, 0.717) is 12.2 Å². The summed E-state index contributed by atoms with van der Waals surface area (Å²) in [5, 5.41) is 6.48. The summed E-state index contributed by atoms with van der Waals surface area (Å²) in [7, 11) is 1.25. The van der Waals surface area contributed by atoms with Crippen LogP contribution in [0, 0.1) is 12.7 Å². The topological polar surface area (TPSA) is 81.4 Å². The van der Waals surface area contributed by atoms with Crippen LogP contribution in [0.25, 0.3) is 11.3 Å². The Bertz CT molecular complexity index is 792. The second-order valence-corrected chi connectivity index (χ2v) is 6.78. The van der Waals surface area contributed by atoms with Crippen molar-refractivity contribution in [1.82, 2.24) is 10.5 Å². The molecular weight excluding hydrogens is 383 g/mol. The average Bonchev–Trinajstić information content (AvgIpc) is 2.99. The van der Waals surface area contributed by atoms with E-state index in [2.05, 4.69) is 10.5 Å². The number of aromatic nitrogens is 1. The Morgan fingerprint density at radius 1 is 1.46 bits per heavy atom. The van der Waals surface area contributed by atoms with Gasteiger partial charge in [-0.3, -0.25) is 4.79 Å². The van der Waals surface area contributed by atoms with Gasteiger partial charge in [-0.1, -0.05) is 22.8 Å².